The van der Waals surface area contributed by atoms with Gasteiger partial charge in [0.05, 0.1) is 16.6 Å². The van der Waals surface area contributed by atoms with Gasteiger partial charge in [-0.25, -0.2) is 14.4 Å². The van der Waals surface area contributed by atoms with E-state index in [-0.39, 0.29) is 65.7 Å². The van der Waals surface area contributed by atoms with E-state index in [1.807, 2.05) is 0 Å². The number of aliphatic hydroxyl groups is 4. The Morgan fingerprint density at radius 1 is 0.857 bits per heavy atom. The number of piperazine rings is 1. The summed E-state index contributed by atoms with van der Waals surface area (Å²) in [6.45, 7) is -0.674. The molecule has 0 unspecified atom stereocenters. The number of piperidine rings is 1. The van der Waals surface area contributed by atoms with Crippen LogP contribution in [0, 0.1) is 11.7 Å². The Morgan fingerprint density at radius 3 is 2.08 bits per heavy atom. The molecule has 0 radical (unpaired) electrons. The van der Waals surface area contributed by atoms with E-state index in [9.17, 15) is 33.6 Å². The second kappa shape index (κ2) is 14.7. The van der Waals surface area contributed by atoms with Crippen LogP contribution in [0.1, 0.15) is 45.5 Å². The molecule has 1 aromatic heterocycles. The molecule has 16 nitrogen and oxygen atoms in total. The maximum Gasteiger partial charge on any atom is 0.420 e. The minimum atomic E-state index is -3.20. The van der Waals surface area contributed by atoms with E-state index in [4.69, 9.17) is 20.4 Å². The van der Waals surface area contributed by atoms with Crippen LogP contribution in [0.4, 0.5) is 9.18 Å². The first-order valence-corrected chi connectivity index (χ1v) is 15.4. The number of ketones is 1. The maximum absolute atomic E-state index is 13.7. The quantitative estimate of drug-likeness (QED) is 0.0685. The zero-order valence-electron chi connectivity index (χ0n) is 26.2. The lowest BCUT2D eigenvalue weighted by molar-refractivity contribution is -0.310. The fourth-order valence-corrected chi connectivity index (χ4v) is 6.15. The summed E-state index contributed by atoms with van der Waals surface area (Å²) in [5.41, 5.74) is 0.446. The number of halogens is 1. The third-order valence-corrected chi connectivity index (χ3v) is 8.71. The molecule has 0 saturated carbocycles. The molecule has 17 heteroatoms. The molecule has 0 bridgehead atoms. The third-order valence-electron chi connectivity index (χ3n) is 8.71. The van der Waals surface area contributed by atoms with Crippen molar-refractivity contribution in [2.45, 2.75) is 31.7 Å². The van der Waals surface area contributed by atoms with Crippen LogP contribution in [-0.2, 0) is 20.7 Å². The van der Waals surface area contributed by atoms with Gasteiger partial charge in [0.1, 0.15) is 12.2 Å². The highest BCUT2D eigenvalue weighted by atomic mass is 19.1. The SMILES string of the molecule is O=C(C(=O)N1CCN(C(=O)CC(O)(O)O)CC1)c1cn(C(=O)OCO)c2cc(OO)c(C(=O)N3CCC(Cc4ccc(F)cc4)CC3)cc12. The van der Waals surface area contributed by atoms with Gasteiger partial charge in [-0.3, -0.25) is 23.7 Å². The first kappa shape index (κ1) is 35.4. The van der Waals surface area contributed by atoms with Crippen LogP contribution in [0.25, 0.3) is 10.9 Å². The Morgan fingerprint density at radius 2 is 1.49 bits per heavy atom. The fourth-order valence-electron chi connectivity index (χ4n) is 6.15. The van der Waals surface area contributed by atoms with Crippen LogP contribution in [0.2, 0.25) is 0 Å². The molecular weight excluding hydrogens is 651 g/mol. The Bertz CT molecular complexity index is 1740. The number of likely N-dealkylation sites (tertiary alicyclic amines) is 1. The molecule has 5 N–H and O–H groups in total. The van der Waals surface area contributed by atoms with E-state index in [1.165, 1.54) is 23.1 Å². The highest BCUT2D eigenvalue weighted by Crippen LogP contribution is 2.33. The van der Waals surface area contributed by atoms with E-state index in [0.29, 0.717) is 32.4 Å². The van der Waals surface area contributed by atoms with Crippen molar-refractivity contribution in [1.29, 1.82) is 0 Å². The molecule has 2 aliphatic heterocycles. The summed E-state index contributed by atoms with van der Waals surface area (Å²) in [6.07, 6.45) is 0.866. The minimum Gasteiger partial charge on any atom is -0.422 e. The maximum atomic E-state index is 13.7. The van der Waals surface area contributed by atoms with Crippen LogP contribution in [0.15, 0.2) is 42.6 Å². The van der Waals surface area contributed by atoms with Gasteiger partial charge in [0.2, 0.25) is 5.91 Å². The minimum absolute atomic E-state index is 0.0254. The number of hydrogen-bond acceptors (Lipinski definition) is 12. The lowest BCUT2D eigenvalue weighted by Gasteiger charge is -2.35. The van der Waals surface area contributed by atoms with E-state index >= 15 is 0 Å². The van der Waals surface area contributed by atoms with Crippen molar-refractivity contribution < 1.29 is 63.7 Å². The van der Waals surface area contributed by atoms with Gasteiger partial charge in [-0.15, -0.1) is 0 Å². The lowest BCUT2D eigenvalue weighted by atomic mass is 9.90. The number of rotatable bonds is 9. The smallest absolute Gasteiger partial charge is 0.420 e. The van der Waals surface area contributed by atoms with Crippen molar-refractivity contribution >= 4 is 40.5 Å². The molecule has 2 fully saturated rings. The standard InChI is InChI=1S/C32H35FN4O12/c33-21-3-1-19(2-4-21)13-20-5-7-35(8-6-20)29(41)23-14-22-24(17-37(31(43)48-18-38)25(22)15-26(23)49-47)28(40)30(42)36-11-9-34(10-12-36)27(39)16-32(44,45)46/h1-4,14-15,17,20,38,44-47H,5-13,16,18H2. The van der Waals surface area contributed by atoms with Gasteiger partial charge in [0, 0.05) is 56.9 Å². The Balaban J connectivity index is 1.37. The topological polar surface area (TPSA) is 220 Å². The highest BCUT2D eigenvalue weighted by Gasteiger charge is 2.34. The molecule has 3 aromatic rings. The number of Topliss-reactive ketones (excluding diaryl/α,β-unsaturated/α-hetero) is 1. The molecule has 0 aliphatic carbocycles. The van der Waals surface area contributed by atoms with Crippen molar-refractivity contribution in [3.05, 3.63) is 65.1 Å². The second-order valence-electron chi connectivity index (χ2n) is 11.9. The predicted octanol–water partition coefficient (Wildman–Crippen LogP) is 0.536. The average molecular weight is 687 g/mol. The van der Waals surface area contributed by atoms with Gasteiger partial charge in [-0.05, 0) is 48.9 Å². The Kier molecular flexibility index (Phi) is 10.6. The number of nitrogens with zero attached hydrogens (tertiary/aromatic N) is 4. The number of ether oxygens (including phenoxy) is 1. The van der Waals surface area contributed by atoms with Gasteiger partial charge >= 0.3 is 6.09 Å². The summed E-state index contributed by atoms with van der Waals surface area (Å²) in [7, 11) is 0. The summed E-state index contributed by atoms with van der Waals surface area (Å²) >= 11 is 0. The molecule has 0 atom stereocenters. The van der Waals surface area contributed by atoms with E-state index in [0.717, 1.165) is 27.3 Å². The number of carbonyl (C=O) groups is 5. The van der Waals surface area contributed by atoms with Gasteiger partial charge in [0.15, 0.2) is 12.5 Å². The summed E-state index contributed by atoms with van der Waals surface area (Å²) in [4.78, 5) is 74.0. The number of amides is 3. The monoisotopic (exact) mass is 686 g/mol. The Hall–Kier alpha value is -4.94. The van der Waals surface area contributed by atoms with Crippen molar-refractivity contribution in [2.75, 3.05) is 46.1 Å². The first-order chi connectivity index (χ1) is 23.3. The average Bonchev–Trinajstić information content (AvgIpc) is 3.46. The van der Waals surface area contributed by atoms with Crippen LogP contribution in [0.3, 0.4) is 0 Å². The number of fused-ring (bicyclic) bond motifs is 1. The zero-order valence-corrected chi connectivity index (χ0v) is 26.2. The van der Waals surface area contributed by atoms with Gasteiger partial charge in [-0.2, -0.15) is 0 Å². The van der Waals surface area contributed by atoms with Crippen molar-refractivity contribution in [3.63, 3.8) is 0 Å². The van der Waals surface area contributed by atoms with Gasteiger partial charge in [-0.1, -0.05) is 12.1 Å². The molecule has 262 valence electrons. The molecule has 49 heavy (non-hydrogen) atoms. The van der Waals surface area contributed by atoms with Crippen LogP contribution in [-0.4, -0.2) is 127 Å². The molecule has 2 aromatic carbocycles. The zero-order chi connectivity index (χ0) is 35.5. The largest absolute Gasteiger partial charge is 0.422 e. The molecule has 2 saturated heterocycles. The van der Waals surface area contributed by atoms with Gasteiger partial charge in [0.25, 0.3) is 23.6 Å². The van der Waals surface area contributed by atoms with Gasteiger partial charge < -0.3 is 44.8 Å². The van der Waals surface area contributed by atoms with E-state index < -0.39 is 48.8 Å². The van der Waals surface area contributed by atoms with Crippen molar-refractivity contribution in [3.8, 4) is 5.75 Å². The molecule has 0 spiro atoms. The van der Waals surface area contributed by atoms with Crippen molar-refractivity contribution in [1.82, 2.24) is 19.3 Å². The number of benzene rings is 2. The predicted molar refractivity (Wildman–Crippen MR) is 164 cm³/mol. The molecular formula is C32H35FN4O12. The normalized spacial score (nSPS) is 15.8. The number of hydrogen-bond donors (Lipinski definition) is 5. The van der Waals surface area contributed by atoms with Crippen LogP contribution >= 0.6 is 0 Å². The summed E-state index contributed by atoms with van der Waals surface area (Å²) in [6, 6.07) is 8.57. The number of aliphatic hydroxyl groups excluding tert-OH is 1. The molecule has 5 rings (SSSR count). The lowest BCUT2D eigenvalue weighted by Crippen LogP contribution is -2.53. The summed E-state index contributed by atoms with van der Waals surface area (Å²) < 4.78 is 18.8. The third kappa shape index (κ3) is 8.03. The Labute approximate surface area is 278 Å². The summed E-state index contributed by atoms with van der Waals surface area (Å²) in [5.74, 6) is -7.03. The van der Waals surface area contributed by atoms with Crippen LogP contribution in [0.5, 0.6) is 5.75 Å². The van der Waals surface area contributed by atoms with E-state index in [2.05, 4.69) is 9.62 Å². The van der Waals surface area contributed by atoms with Crippen LogP contribution < -0.4 is 4.89 Å². The molecule has 3 amide bonds. The molecule has 2 aliphatic rings. The highest BCUT2D eigenvalue weighted by molar-refractivity contribution is 6.45. The molecule has 3 heterocycles. The summed E-state index contributed by atoms with van der Waals surface area (Å²) in [5, 5.41) is 46.1. The van der Waals surface area contributed by atoms with Crippen molar-refractivity contribution in [2.24, 2.45) is 5.92 Å². The van der Waals surface area contributed by atoms with E-state index in [1.54, 1.807) is 17.0 Å². The number of carbonyl (C=O) groups excluding carboxylic acids is 5. The fraction of sp³-hybridized carbons (Fsp3) is 0.406. The number of aromatic nitrogens is 1. The first-order valence-electron chi connectivity index (χ1n) is 15.4. The second-order valence-corrected chi connectivity index (χ2v) is 11.9.